The Morgan fingerprint density at radius 1 is 1.56 bits per heavy atom. The predicted molar refractivity (Wildman–Crippen MR) is 54.9 cm³/mol. The van der Waals surface area contributed by atoms with Crippen molar-refractivity contribution in [2.45, 2.75) is 18.9 Å². The van der Waals surface area contributed by atoms with Gasteiger partial charge < -0.3 is 15.9 Å². The lowest BCUT2D eigenvalue weighted by atomic mass is 10.0. The van der Waals surface area contributed by atoms with Crippen molar-refractivity contribution in [1.29, 1.82) is 0 Å². The maximum absolute atomic E-state index is 12.2. The molecule has 4 N–H and O–H groups in total. The molecule has 6 heteroatoms. The summed E-state index contributed by atoms with van der Waals surface area (Å²) < 4.78 is 12.2. The molecular weight excluding hydrogens is 215 g/mol. The molecule has 0 saturated heterocycles. The van der Waals surface area contributed by atoms with Gasteiger partial charge in [-0.25, -0.2) is 4.98 Å². The van der Waals surface area contributed by atoms with Gasteiger partial charge >= 0.3 is 5.97 Å². The van der Waals surface area contributed by atoms with Crippen LogP contribution in [0.4, 0.5) is 4.39 Å². The van der Waals surface area contributed by atoms with Crippen LogP contribution in [0.15, 0.2) is 12.1 Å². The van der Waals surface area contributed by atoms with E-state index in [1.165, 1.54) is 12.1 Å². The number of carboxylic acid groups (broad SMARTS) is 1. The van der Waals surface area contributed by atoms with Crippen LogP contribution in [0.25, 0.3) is 0 Å². The van der Waals surface area contributed by atoms with Crippen LogP contribution >= 0.6 is 0 Å². The highest BCUT2D eigenvalue weighted by Crippen LogP contribution is 2.14. The molecule has 0 amide bonds. The van der Waals surface area contributed by atoms with Crippen LogP contribution in [0.1, 0.15) is 11.3 Å². The number of hydrogen-bond donors (Lipinski definition) is 3. The first kappa shape index (κ1) is 12.4. The molecule has 0 aliphatic carbocycles. The minimum Gasteiger partial charge on any atom is -0.493 e. The molecule has 0 aliphatic rings. The fourth-order valence-corrected chi connectivity index (χ4v) is 1.32. The first-order chi connectivity index (χ1) is 7.54. The van der Waals surface area contributed by atoms with Crippen LogP contribution in [0.2, 0.25) is 0 Å². The van der Waals surface area contributed by atoms with E-state index < -0.39 is 18.7 Å². The molecule has 1 heterocycles. The Labute approximate surface area is 91.7 Å². The monoisotopic (exact) mass is 228 g/mol. The minimum atomic E-state index is -1.16. The summed E-state index contributed by atoms with van der Waals surface area (Å²) in [6.07, 6.45) is 0.105. The Hall–Kier alpha value is -1.69. The molecule has 0 radical (unpaired) electrons. The first-order valence-electron chi connectivity index (χ1n) is 4.76. The normalized spacial score (nSPS) is 12.4. The number of aromatic nitrogens is 1. The van der Waals surface area contributed by atoms with Gasteiger partial charge in [0.2, 0.25) is 5.88 Å². The lowest BCUT2D eigenvalue weighted by molar-refractivity contribution is -0.138. The van der Waals surface area contributed by atoms with Crippen molar-refractivity contribution in [2.24, 2.45) is 5.73 Å². The van der Waals surface area contributed by atoms with Crippen molar-refractivity contribution in [2.75, 3.05) is 6.67 Å². The predicted octanol–water partition coefficient (Wildman–Crippen LogP) is 0.254. The van der Waals surface area contributed by atoms with Gasteiger partial charge in [0.1, 0.15) is 6.04 Å². The quantitative estimate of drug-likeness (QED) is 0.671. The Balaban J connectivity index is 2.91. The standard InChI is InChI=1S/C10H13FN2O3/c11-4-3-6-1-2-9(14)13-8(6)5-7(12)10(15)16/h1-2,7H,3-5,12H2,(H,13,14)(H,15,16). The van der Waals surface area contributed by atoms with E-state index in [0.29, 0.717) is 11.3 Å². The molecule has 0 fully saturated rings. The summed E-state index contributed by atoms with van der Waals surface area (Å²) in [4.78, 5) is 14.3. The third-order valence-corrected chi connectivity index (χ3v) is 2.15. The highest BCUT2D eigenvalue weighted by Gasteiger charge is 2.16. The number of halogens is 1. The third-order valence-electron chi connectivity index (χ3n) is 2.15. The average Bonchev–Trinajstić information content (AvgIpc) is 2.22. The van der Waals surface area contributed by atoms with Crippen LogP contribution < -0.4 is 5.73 Å². The van der Waals surface area contributed by atoms with Crippen LogP contribution in [-0.2, 0) is 17.6 Å². The van der Waals surface area contributed by atoms with E-state index in [2.05, 4.69) is 4.98 Å². The number of nitrogens with two attached hydrogens (primary N) is 1. The molecule has 16 heavy (non-hydrogen) atoms. The number of carboxylic acids is 1. The summed E-state index contributed by atoms with van der Waals surface area (Å²) in [6, 6.07) is 1.75. The molecule has 0 aromatic carbocycles. The summed E-state index contributed by atoms with van der Waals surface area (Å²) in [5, 5.41) is 17.8. The van der Waals surface area contributed by atoms with E-state index in [-0.39, 0.29) is 18.7 Å². The second kappa shape index (κ2) is 5.41. The molecule has 5 nitrogen and oxygen atoms in total. The average molecular weight is 228 g/mol. The lowest BCUT2D eigenvalue weighted by Crippen LogP contribution is -2.33. The van der Waals surface area contributed by atoms with Crippen molar-refractivity contribution in [3.8, 4) is 5.88 Å². The van der Waals surface area contributed by atoms with E-state index >= 15 is 0 Å². The molecule has 0 aliphatic heterocycles. The maximum atomic E-state index is 12.2. The van der Waals surface area contributed by atoms with E-state index in [0.717, 1.165) is 0 Å². The van der Waals surface area contributed by atoms with Gasteiger partial charge in [0, 0.05) is 24.6 Å². The number of aliphatic carboxylic acids is 1. The number of aryl methyl sites for hydroxylation is 1. The second-order valence-corrected chi connectivity index (χ2v) is 3.36. The van der Waals surface area contributed by atoms with E-state index in [1.807, 2.05) is 0 Å². The number of aromatic hydroxyl groups is 1. The Morgan fingerprint density at radius 2 is 2.25 bits per heavy atom. The fourth-order valence-electron chi connectivity index (χ4n) is 1.32. The maximum Gasteiger partial charge on any atom is 0.320 e. The van der Waals surface area contributed by atoms with Gasteiger partial charge in [0.05, 0.1) is 6.67 Å². The second-order valence-electron chi connectivity index (χ2n) is 3.36. The summed E-state index contributed by atoms with van der Waals surface area (Å²) in [6.45, 7) is -0.568. The number of nitrogens with zero attached hydrogens (tertiary/aromatic N) is 1. The lowest BCUT2D eigenvalue weighted by Gasteiger charge is -2.10. The van der Waals surface area contributed by atoms with Gasteiger partial charge in [0.15, 0.2) is 0 Å². The van der Waals surface area contributed by atoms with Gasteiger partial charge in [-0.3, -0.25) is 9.18 Å². The zero-order valence-corrected chi connectivity index (χ0v) is 8.56. The van der Waals surface area contributed by atoms with Gasteiger partial charge in [-0.2, -0.15) is 0 Å². The molecule has 1 aromatic rings. The summed E-state index contributed by atoms with van der Waals surface area (Å²) in [5.74, 6) is -1.38. The fraction of sp³-hybridized carbons (Fsp3) is 0.400. The molecule has 0 spiro atoms. The van der Waals surface area contributed by atoms with Crippen molar-refractivity contribution in [3.63, 3.8) is 0 Å². The molecule has 1 atom stereocenters. The van der Waals surface area contributed by atoms with Crippen LogP contribution in [-0.4, -0.2) is 33.9 Å². The van der Waals surface area contributed by atoms with Gasteiger partial charge in [-0.1, -0.05) is 6.07 Å². The molecule has 0 bridgehead atoms. The number of alkyl halides is 1. The van der Waals surface area contributed by atoms with Crippen LogP contribution in [0, 0.1) is 0 Å². The van der Waals surface area contributed by atoms with Crippen molar-refractivity contribution >= 4 is 5.97 Å². The molecule has 1 aromatic heterocycles. The van der Waals surface area contributed by atoms with E-state index in [1.54, 1.807) is 0 Å². The zero-order chi connectivity index (χ0) is 12.1. The molecule has 0 saturated carbocycles. The number of pyridine rings is 1. The summed E-state index contributed by atoms with van der Waals surface area (Å²) in [7, 11) is 0. The first-order valence-corrected chi connectivity index (χ1v) is 4.76. The van der Waals surface area contributed by atoms with Gasteiger partial charge in [-0.15, -0.1) is 0 Å². The smallest absolute Gasteiger partial charge is 0.320 e. The third kappa shape index (κ3) is 3.16. The largest absolute Gasteiger partial charge is 0.493 e. The SMILES string of the molecule is NC(Cc1nc(O)ccc1CCF)C(=O)O. The Kier molecular flexibility index (Phi) is 4.19. The van der Waals surface area contributed by atoms with Crippen molar-refractivity contribution in [1.82, 2.24) is 4.98 Å². The van der Waals surface area contributed by atoms with E-state index in [4.69, 9.17) is 15.9 Å². The Bertz CT molecular complexity index is 384. The van der Waals surface area contributed by atoms with Gasteiger partial charge in [-0.05, 0) is 5.56 Å². The van der Waals surface area contributed by atoms with Crippen LogP contribution in [0.5, 0.6) is 5.88 Å². The zero-order valence-electron chi connectivity index (χ0n) is 8.56. The topological polar surface area (TPSA) is 96.4 Å². The van der Waals surface area contributed by atoms with Gasteiger partial charge in [0.25, 0.3) is 0 Å². The summed E-state index contributed by atoms with van der Waals surface area (Å²) in [5.41, 5.74) is 6.24. The van der Waals surface area contributed by atoms with Crippen molar-refractivity contribution < 1.29 is 19.4 Å². The number of hydrogen-bond acceptors (Lipinski definition) is 4. The number of carbonyl (C=O) groups is 1. The summed E-state index contributed by atoms with van der Waals surface area (Å²) >= 11 is 0. The molecular formula is C10H13FN2O3. The van der Waals surface area contributed by atoms with Crippen molar-refractivity contribution in [3.05, 3.63) is 23.4 Å². The number of rotatable bonds is 5. The minimum absolute atomic E-state index is 0.0287. The molecule has 88 valence electrons. The highest BCUT2D eigenvalue weighted by molar-refractivity contribution is 5.73. The Morgan fingerprint density at radius 3 is 2.81 bits per heavy atom. The molecule has 1 rings (SSSR count). The highest BCUT2D eigenvalue weighted by atomic mass is 19.1. The van der Waals surface area contributed by atoms with Crippen LogP contribution in [0.3, 0.4) is 0 Å². The van der Waals surface area contributed by atoms with E-state index in [9.17, 15) is 9.18 Å². The molecule has 1 unspecified atom stereocenters.